The van der Waals surface area contributed by atoms with E-state index in [1.807, 2.05) is 0 Å². The summed E-state index contributed by atoms with van der Waals surface area (Å²) in [5.41, 5.74) is 9.51. The number of hydrogen-bond acceptors (Lipinski definition) is 1. The van der Waals surface area contributed by atoms with Crippen molar-refractivity contribution in [1.29, 1.82) is 0 Å². The van der Waals surface area contributed by atoms with E-state index in [0.29, 0.717) is 0 Å². The molecule has 4 nitrogen and oxygen atoms in total. The standard InChI is InChI=1S/C32H29N3O/c1-19(2)34-25-14-10-15-26-29(25)35-28-23(17-20(31(3,4)5)18-27(28)36-26)32(30(34)35)22-12-7-6-11-21(22)24-13-8-9-16-33(24)32/h6-19H,1-5H3/q+2. The highest BCUT2D eigenvalue weighted by Crippen LogP contribution is 2.55. The summed E-state index contributed by atoms with van der Waals surface area (Å²) < 4.78 is 14.3. The molecule has 0 saturated carbocycles. The number of benzene rings is 3. The van der Waals surface area contributed by atoms with E-state index in [-0.39, 0.29) is 11.5 Å². The van der Waals surface area contributed by atoms with Gasteiger partial charge >= 0.3 is 11.4 Å². The van der Waals surface area contributed by atoms with Crippen LogP contribution in [0.25, 0.3) is 28.0 Å². The van der Waals surface area contributed by atoms with Gasteiger partial charge in [-0.3, -0.25) is 0 Å². The first kappa shape index (κ1) is 20.3. The molecule has 4 heteroatoms. The number of ether oxygens (including phenoxy) is 1. The van der Waals surface area contributed by atoms with Gasteiger partial charge < -0.3 is 4.74 Å². The minimum atomic E-state index is -0.493. The fourth-order valence-electron chi connectivity index (χ4n) is 6.89. The molecule has 0 aliphatic carbocycles. The Balaban J connectivity index is 1.68. The minimum Gasteiger partial charge on any atom is -0.448 e. The molecule has 1 spiro atoms. The largest absolute Gasteiger partial charge is 0.448 e. The molecule has 0 fully saturated rings. The SMILES string of the molecule is CC(C)n1c2[n+]3c4c(cccc41)Oc1cc(C(C)(C)C)cc(c1-3)C21c2ccccc2-c2cccc[n+]21. The maximum atomic E-state index is 6.73. The zero-order valence-electron chi connectivity index (χ0n) is 21.3. The molecule has 0 amide bonds. The molecule has 0 N–H and O–H groups in total. The van der Waals surface area contributed by atoms with Crippen LogP contribution in [-0.2, 0) is 11.0 Å². The first-order valence-electron chi connectivity index (χ1n) is 12.9. The minimum absolute atomic E-state index is 0.0179. The van der Waals surface area contributed by atoms with E-state index in [0.717, 1.165) is 17.0 Å². The average molecular weight is 472 g/mol. The van der Waals surface area contributed by atoms with E-state index < -0.39 is 5.54 Å². The van der Waals surface area contributed by atoms with Crippen LogP contribution in [0.3, 0.4) is 0 Å². The van der Waals surface area contributed by atoms with Crippen LogP contribution in [0, 0.1) is 0 Å². The summed E-state index contributed by atoms with van der Waals surface area (Å²) in [6.45, 7) is 11.4. The van der Waals surface area contributed by atoms with Crippen molar-refractivity contribution in [2.75, 3.05) is 0 Å². The van der Waals surface area contributed by atoms with Gasteiger partial charge in [0.05, 0.1) is 22.7 Å². The Morgan fingerprint density at radius 1 is 0.861 bits per heavy atom. The first-order valence-corrected chi connectivity index (χ1v) is 12.9. The number of para-hydroxylation sites is 1. The number of hydrogen-bond donors (Lipinski definition) is 0. The van der Waals surface area contributed by atoms with Crippen molar-refractivity contribution in [3.05, 3.63) is 102 Å². The van der Waals surface area contributed by atoms with E-state index in [9.17, 15) is 0 Å². The van der Waals surface area contributed by atoms with Gasteiger partial charge in [0.1, 0.15) is 0 Å². The Labute approximate surface area is 211 Å². The third-order valence-corrected chi connectivity index (χ3v) is 8.33. The number of fused-ring (bicyclic) bond motifs is 7. The number of nitrogens with zero attached hydrogens (tertiary/aromatic N) is 3. The Bertz CT molecular complexity index is 1740. The maximum Gasteiger partial charge on any atom is 0.347 e. The highest BCUT2D eigenvalue weighted by molar-refractivity contribution is 5.85. The number of pyridine rings is 1. The second-order valence-corrected chi connectivity index (χ2v) is 11.7. The molecule has 36 heavy (non-hydrogen) atoms. The Kier molecular flexibility index (Phi) is 3.52. The molecule has 0 saturated heterocycles. The zero-order chi connectivity index (χ0) is 24.6. The van der Waals surface area contributed by atoms with Crippen LogP contribution >= 0.6 is 0 Å². The molecular formula is C32H29N3O+2. The van der Waals surface area contributed by atoms with Gasteiger partial charge in [0.2, 0.25) is 11.2 Å². The van der Waals surface area contributed by atoms with Crippen molar-refractivity contribution in [2.45, 2.75) is 51.6 Å². The quantitative estimate of drug-likeness (QED) is 0.257. The maximum absolute atomic E-state index is 6.73. The van der Waals surface area contributed by atoms with Gasteiger partial charge in [-0.1, -0.05) is 45.0 Å². The van der Waals surface area contributed by atoms with Gasteiger partial charge in [0.15, 0.2) is 28.9 Å². The van der Waals surface area contributed by atoms with Gasteiger partial charge in [0.25, 0.3) is 0 Å². The molecular weight excluding hydrogens is 442 g/mol. The lowest BCUT2D eigenvalue weighted by molar-refractivity contribution is -0.733. The van der Waals surface area contributed by atoms with Crippen LogP contribution in [0.1, 0.15) is 63.2 Å². The third-order valence-electron chi connectivity index (χ3n) is 8.33. The van der Waals surface area contributed by atoms with Crippen LogP contribution in [0.2, 0.25) is 0 Å². The summed E-state index contributed by atoms with van der Waals surface area (Å²) in [6.07, 6.45) is 2.26. The van der Waals surface area contributed by atoms with Crippen molar-refractivity contribution in [1.82, 2.24) is 4.57 Å². The monoisotopic (exact) mass is 471 g/mol. The van der Waals surface area contributed by atoms with Crippen LogP contribution in [0.5, 0.6) is 11.5 Å². The summed E-state index contributed by atoms with van der Waals surface area (Å²) in [5, 5.41) is 0. The fourth-order valence-corrected chi connectivity index (χ4v) is 6.89. The normalized spacial score (nSPS) is 18.2. The van der Waals surface area contributed by atoms with Crippen molar-refractivity contribution in [3.63, 3.8) is 0 Å². The second-order valence-electron chi connectivity index (χ2n) is 11.7. The van der Waals surface area contributed by atoms with Crippen LogP contribution < -0.4 is 13.9 Å². The van der Waals surface area contributed by atoms with E-state index >= 15 is 0 Å². The first-order chi connectivity index (χ1) is 17.3. The molecule has 1 unspecified atom stereocenters. The molecule has 3 aliphatic heterocycles. The van der Waals surface area contributed by atoms with Crippen molar-refractivity contribution in [3.8, 4) is 28.4 Å². The summed E-state index contributed by atoms with van der Waals surface area (Å²) >= 11 is 0. The highest BCUT2D eigenvalue weighted by Gasteiger charge is 2.69. The summed E-state index contributed by atoms with van der Waals surface area (Å²) in [4.78, 5) is 0. The van der Waals surface area contributed by atoms with Crippen LogP contribution in [0.4, 0.5) is 0 Å². The summed E-state index contributed by atoms with van der Waals surface area (Å²) in [6, 6.07) is 27.0. The zero-order valence-corrected chi connectivity index (χ0v) is 21.3. The topological polar surface area (TPSA) is 21.9 Å². The molecule has 8 rings (SSSR count). The predicted molar refractivity (Wildman–Crippen MR) is 140 cm³/mol. The molecule has 0 bridgehead atoms. The molecule has 0 radical (unpaired) electrons. The molecule has 2 aromatic heterocycles. The lowest BCUT2D eigenvalue weighted by Gasteiger charge is -2.25. The van der Waals surface area contributed by atoms with Gasteiger partial charge in [-0.2, -0.15) is 9.13 Å². The highest BCUT2D eigenvalue weighted by atomic mass is 16.5. The van der Waals surface area contributed by atoms with Crippen molar-refractivity contribution >= 4 is 11.0 Å². The van der Waals surface area contributed by atoms with E-state index in [4.69, 9.17) is 4.74 Å². The van der Waals surface area contributed by atoms with Gasteiger partial charge in [-0.15, -0.1) is 0 Å². The number of rotatable bonds is 1. The van der Waals surface area contributed by atoms with Gasteiger partial charge in [-0.05, 0) is 61.2 Å². The van der Waals surface area contributed by atoms with Crippen molar-refractivity contribution < 1.29 is 13.9 Å². The summed E-state index contributed by atoms with van der Waals surface area (Å²) in [5.74, 6) is 3.16. The molecule has 5 heterocycles. The molecule has 1 atom stereocenters. The lowest BCUT2D eigenvalue weighted by Crippen LogP contribution is -2.57. The second kappa shape index (κ2) is 6.25. The predicted octanol–water partition coefficient (Wildman–Crippen LogP) is 6.32. The van der Waals surface area contributed by atoms with Crippen LogP contribution in [0.15, 0.2) is 79.0 Å². The summed E-state index contributed by atoms with van der Waals surface area (Å²) in [7, 11) is 0. The third kappa shape index (κ3) is 2.10. The van der Waals surface area contributed by atoms with E-state index in [1.165, 1.54) is 45.0 Å². The van der Waals surface area contributed by atoms with E-state index in [2.05, 4.69) is 127 Å². The Morgan fingerprint density at radius 2 is 1.67 bits per heavy atom. The average Bonchev–Trinajstić information content (AvgIpc) is 3.46. The van der Waals surface area contributed by atoms with Crippen molar-refractivity contribution in [2.24, 2.45) is 0 Å². The Hall–Kier alpha value is -3.92. The molecule has 3 aliphatic rings. The molecule has 5 aromatic rings. The van der Waals surface area contributed by atoms with Crippen LogP contribution in [-0.4, -0.2) is 4.57 Å². The fraction of sp³-hybridized carbons (Fsp3) is 0.250. The van der Waals surface area contributed by atoms with E-state index in [1.54, 1.807) is 0 Å². The van der Waals surface area contributed by atoms with Gasteiger partial charge in [0, 0.05) is 12.1 Å². The Morgan fingerprint density at radius 3 is 2.47 bits per heavy atom. The number of imidazole rings is 1. The van der Waals surface area contributed by atoms with Gasteiger partial charge in [-0.25, -0.2) is 4.57 Å². The lowest BCUT2D eigenvalue weighted by atomic mass is 9.79. The number of aromatic nitrogens is 3. The smallest absolute Gasteiger partial charge is 0.347 e. The molecule has 3 aromatic carbocycles. The molecule has 176 valence electrons.